The summed E-state index contributed by atoms with van der Waals surface area (Å²) in [5, 5.41) is 2.18. The van der Waals surface area contributed by atoms with Gasteiger partial charge in [0.25, 0.3) is 0 Å². The number of aromatic nitrogens is 2. The topological polar surface area (TPSA) is 32.3 Å². The SMILES string of the molecule is Cc1csc2c(N3CC(N4CCSCC4)C3)ncnc12. The number of thiophene rings is 1. The highest BCUT2D eigenvalue weighted by atomic mass is 32.2. The molecule has 6 heteroatoms. The molecule has 106 valence electrons. The zero-order valence-corrected chi connectivity index (χ0v) is 13.2. The number of nitrogens with zero attached hydrogens (tertiary/aromatic N) is 4. The quantitative estimate of drug-likeness (QED) is 0.849. The van der Waals surface area contributed by atoms with Gasteiger partial charge in [0.2, 0.25) is 0 Å². The van der Waals surface area contributed by atoms with Crippen molar-refractivity contribution in [3.05, 3.63) is 17.3 Å². The van der Waals surface area contributed by atoms with E-state index in [1.165, 1.54) is 34.9 Å². The molecule has 4 heterocycles. The van der Waals surface area contributed by atoms with E-state index in [1.807, 2.05) is 0 Å². The number of thioether (sulfide) groups is 1. The summed E-state index contributed by atoms with van der Waals surface area (Å²) in [6.45, 7) is 6.86. The van der Waals surface area contributed by atoms with Gasteiger partial charge in [-0.05, 0) is 17.9 Å². The summed E-state index contributed by atoms with van der Waals surface area (Å²) < 4.78 is 1.25. The lowest BCUT2D eigenvalue weighted by molar-refractivity contribution is 0.182. The van der Waals surface area contributed by atoms with Crippen LogP contribution in [0.5, 0.6) is 0 Å². The van der Waals surface area contributed by atoms with Gasteiger partial charge in [-0.1, -0.05) is 0 Å². The van der Waals surface area contributed by atoms with E-state index in [-0.39, 0.29) is 0 Å². The van der Waals surface area contributed by atoms with Crippen molar-refractivity contribution in [3.63, 3.8) is 0 Å². The molecule has 0 aromatic carbocycles. The molecule has 2 fully saturated rings. The molecule has 0 saturated carbocycles. The fraction of sp³-hybridized carbons (Fsp3) is 0.571. The van der Waals surface area contributed by atoms with Gasteiger partial charge in [-0.15, -0.1) is 11.3 Å². The van der Waals surface area contributed by atoms with Gasteiger partial charge < -0.3 is 4.90 Å². The van der Waals surface area contributed by atoms with E-state index in [1.54, 1.807) is 17.7 Å². The van der Waals surface area contributed by atoms with Crippen molar-refractivity contribution in [2.24, 2.45) is 0 Å². The molecule has 0 unspecified atom stereocenters. The molecule has 2 aromatic heterocycles. The van der Waals surface area contributed by atoms with Crippen LogP contribution in [0.1, 0.15) is 5.56 Å². The molecule has 0 atom stereocenters. The first-order valence-corrected chi connectivity index (χ1v) is 9.12. The second-order valence-corrected chi connectivity index (χ2v) is 7.61. The summed E-state index contributed by atoms with van der Waals surface area (Å²) in [4.78, 5) is 14.0. The second kappa shape index (κ2) is 5.16. The first-order valence-electron chi connectivity index (χ1n) is 7.08. The number of hydrogen-bond donors (Lipinski definition) is 0. The Hall–Kier alpha value is -0.850. The van der Waals surface area contributed by atoms with Crippen molar-refractivity contribution >= 4 is 39.1 Å². The molecule has 0 spiro atoms. The monoisotopic (exact) mass is 306 g/mol. The number of fused-ring (bicyclic) bond motifs is 1. The highest BCUT2D eigenvalue weighted by Crippen LogP contribution is 2.33. The van der Waals surface area contributed by atoms with Crippen LogP contribution in [0.2, 0.25) is 0 Å². The number of rotatable bonds is 2. The van der Waals surface area contributed by atoms with Crippen LogP contribution >= 0.6 is 23.1 Å². The van der Waals surface area contributed by atoms with E-state index in [0.29, 0.717) is 0 Å². The smallest absolute Gasteiger partial charge is 0.150 e. The van der Waals surface area contributed by atoms with Crippen LogP contribution in [-0.2, 0) is 0 Å². The van der Waals surface area contributed by atoms with Crippen molar-refractivity contribution in [1.82, 2.24) is 14.9 Å². The van der Waals surface area contributed by atoms with Crippen LogP contribution in [0, 0.1) is 6.92 Å². The normalized spacial score (nSPS) is 21.4. The number of hydrogen-bond acceptors (Lipinski definition) is 6. The summed E-state index contributed by atoms with van der Waals surface area (Å²) >= 11 is 3.85. The maximum absolute atomic E-state index is 4.52. The Bertz CT molecular complexity index is 615. The van der Waals surface area contributed by atoms with Crippen molar-refractivity contribution in [2.75, 3.05) is 42.6 Å². The van der Waals surface area contributed by atoms with Crippen LogP contribution in [-0.4, -0.2) is 58.6 Å². The molecule has 2 aliphatic rings. The van der Waals surface area contributed by atoms with Crippen molar-refractivity contribution < 1.29 is 0 Å². The van der Waals surface area contributed by atoms with Crippen LogP contribution in [0.4, 0.5) is 5.82 Å². The zero-order valence-electron chi connectivity index (χ0n) is 11.6. The van der Waals surface area contributed by atoms with Gasteiger partial charge in [0, 0.05) is 43.7 Å². The van der Waals surface area contributed by atoms with E-state index >= 15 is 0 Å². The second-order valence-electron chi connectivity index (χ2n) is 5.50. The van der Waals surface area contributed by atoms with Crippen LogP contribution < -0.4 is 4.90 Å². The molecule has 0 radical (unpaired) electrons. The molecule has 2 aromatic rings. The highest BCUT2D eigenvalue weighted by molar-refractivity contribution is 7.99. The lowest BCUT2D eigenvalue weighted by atomic mass is 10.1. The molecule has 0 amide bonds. The lowest BCUT2D eigenvalue weighted by Gasteiger charge is -2.47. The Balaban J connectivity index is 1.51. The van der Waals surface area contributed by atoms with Gasteiger partial charge >= 0.3 is 0 Å². The van der Waals surface area contributed by atoms with Crippen LogP contribution in [0.15, 0.2) is 11.7 Å². The standard InChI is InChI=1S/C14H18N4S2/c1-10-8-20-13-12(10)15-9-16-14(13)18-6-11(7-18)17-2-4-19-5-3-17/h8-9,11H,2-7H2,1H3. The predicted octanol–water partition coefficient (Wildman–Crippen LogP) is 2.24. The van der Waals surface area contributed by atoms with Gasteiger partial charge in [0.15, 0.2) is 0 Å². The van der Waals surface area contributed by atoms with E-state index in [2.05, 4.69) is 43.8 Å². The van der Waals surface area contributed by atoms with E-state index in [4.69, 9.17) is 0 Å². The minimum atomic E-state index is 0.724. The summed E-state index contributed by atoms with van der Waals surface area (Å²) in [7, 11) is 0. The molecule has 0 aliphatic carbocycles. The van der Waals surface area contributed by atoms with Crippen LogP contribution in [0.3, 0.4) is 0 Å². The molecule has 4 nitrogen and oxygen atoms in total. The predicted molar refractivity (Wildman–Crippen MR) is 87.1 cm³/mol. The molecule has 4 rings (SSSR count). The van der Waals surface area contributed by atoms with Crippen molar-refractivity contribution in [3.8, 4) is 0 Å². The average molecular weight is 306 g/mol. The maximum Gasteiger partial charge on any atom is 0.150 e. The van der Waals surface area contributed by atoms with E-state index < -0.39 is 0 Å². The number of anilines is 1. The molecule has 2 aliphatic heterocycles. The highest BCUT2D eigenvalue weighted by Gasteiger charge is 2.34. The third-order valence-electron chi connectivity index (χ3n) is 4.24. The minimum absolute atomic E-state index is 0.724. The van der Waals surface area contributed by atoms with Crippen molar-refractivity contribution in [2.45, 2.75) is 13.0 Å². The first kappa shape index (κ1) is 12.9. The molecular weight excluding hydrogens is 288 g/mol. The van der Waals surface area contributed by atoms with Gasteiger partial charge in [-0.25, -0.2) is 9.97 Å². The third kappa shape index (κ3) is 2.10. The third-order valence-corrected chi connectivity index (χ3v) is 6.26. The maximum atomic E-state index is 4.52. The Kier molecular flexibility index (Phi) is 3.32. The van der Waals surface area contributed by atoms with Gasteiger partial charge in [0.1, 0.15) is 12.1 Å². The largest absolute Gasteiger partial charge is 0.352 e. The summed E-state index contributed by atoms with van der Waals surface area (Å²) in [5.74, 6) is 3.72. The Morgan fingerprint density at radius 2 is 2.00 bits per heavy atom. The lowest BCUT2D eigenvalue weighted by Crippen LogP contribution is -2.61. The van der Waals surface area contributed by atoms with E-state index in [9.17, 15) is 0 Å². The Labute approximate surface area is 127 Å². The fourth-order valence-corrected chi connectivity index (χ4v) is 4.93. The first-order chi connectivity index (χ1) is 9.83. The fourth-order valence-electron chi connectivity index (χ4n) is 2.98. The average Bonchev–Trinajstić information content (AvgIpc) is 2.81. The van der Waals surface area contributed by atoms with Crippen molar-refractivity contribution in [1.29, 1.82) is 0 Å². The van der Waals surface area contributed by atoms with Crippen LogP contribution in [0.25, 0.3) is 10.2 Å². The van der Waals surface area contributed by atoms with Gasteiger partial charge in [0.05, 0.1) is 10.2 Å². The van der Waals surface area contributed by atoms with Gasteiger partial charge in [-0.2, -0.15) is 11.8 Å². The minimum Gasteiger partial charge on any atom is -0.352 e. The summed E-state index contributed by atoms with van der Waals surface area (Å²) in [6, 6.07) is 0.724. The molecule has 2 saturated heterocycles. The molecular formula is C14H18N4S2. The molecule has 0 N–H and O–H groups in total. The number of aryl methyl sites for hydroxylation is 1. The Morgan fingerprint density at radius 3 is 2.80 bits per heavy atom. The Morgan fingerprint density at radius 1 is 1.20 bits per heavy atom. The molecule has 20 heavy (non-hydrogen) atoms. The molecule has 0 bridgehead atoms. The van der Waals surface area contributed by atoms with Gasteiger partial charge in [-0.3, -0.25) is 4.90 Å². The summed E-state index contributed by atoms with van der Waals surface area (Å²) in [6.07, 6.45) is 1.71. The van der Waals surface area contributed by atoms with E-state index in [0.717, 1.165) is 30.5 Å². The summed E-state index contributed by atoms with van der Waals surface area (Å²) in [5.41, 5.74) is 2.39. The zero-order chi connectivity index (χ0) is 13.5.